The number of hydrogen-bond acceptors (Lipinski definition) is 3. The summed E-state index contributed by atoms with van der Waals surface area (Å²) < 4.78 is 31.4. The van der Waals surface area contributed by atoms with Crippen LogP contribution in [-0.4, -0.2) is 43.0 Å². The number of halogens is 2. The van der Waals surface area contributed by atoms with Crippen LogP contribution >= 0.6 is 0 Å². The van der Waals surface area contributed by atoms with Gasteiger partial charge in [-0.15, -0.1) is 0 Å². The van der Waals surface area contributed by atoms with Crippen molar-refractivity contribution in [3.63, 3.8) is 0 Å². The minimum Gasteiger partial charge on any atom is -0.466 e. The molecule has 5 nitrogen and oxygen atoms in total. The van der Waals surface area contributed by atoms with E-state index in [9.17, 15) is 18.4 Å². The normalized spacial score (nSPS) is 18.8. The van der Waals surface area contributed by atoms with Crippen molar-refractivity contribution >= 4 is 12.0 Å². The van der Waals surface area contributed by atoms with E-state index in [0.29, 0.717) is 11.3 Å². The molecule has 1 atom stereocenters. The summed E-state index contributed by atoms with van der Waals surface area (Å²) in [6, 6.07) is 2.08. The Balaban J connectivity index is 2.65. The third kappa shape index (κ3) is 2.43. The summed E-state index contributed by atoms with van der Waals surface area (Å²) in [6.45, 7) is 1.60. The summed E-state index contributed by atoms with van der Waals surface area (Å²) in [5, 5.41) is 0. The molecule has 0 saturated heterocycles. The van der Waals surface area contributed by atoms with Gasteiger partial charge in [-0.3, -0.25) is 0 Å². The summed E-state index contributed by atoms with van der Waals surface area (Å²) in [4.78, 5) is 26.9. The number of urea groups is 1. The molecule has 0 bridgehead atoms. The Morgan fingerprint density at radius 1 is 1.23 bits per heavy atom. The number of rotatable bonds is 2. The molecule has 1 aliphatic rings. The van der Waals surface area contributed by atoms with Gasteiger partial charge in [-0.1, -0.05) is 6.07 Å². The molecule has 1 heterocycles. The van der Waals surface area contributed by atoms with E-state index in [-0.39, 0.29) is 11.6 Å². The number of ether oxygens (including phenoxy) is 1. The van der Waals surface area contributed by atoms with Gasteiger partial charge in [-0.05, 0) is 24.6 Å². The molecule has 2 rings (SSSR count). The molecule has 0 aliphatic carbocycles. The van der Waals surface area contributed by atoms with Crippen LogP contribution < -0.4 is 0 Å². The molecule has 0 radical (unpaired) electrons. The predicted octanol–water partition coefficient (Wildman–Crippen LogP) is 2.45. The molecule has 0 N–H and O–H groups in total. The van der Waals surface area contributed by atoms with Crippen molar-refractivity contribution < 1.29 is 23.1 Å². The van der Waals surface area contributed by atoms with E-state index < -0.39 is 23.6 Å². The van der Waals surface area contributed by atoms with Gasteiger partial charge in [-0.2, -0.15) is 0 Å². The number of nitrogens with zero attached hydrogens (tertiary/aromatic N) is 2. The van der Waals surface area contributed by atoms with Crippen LogP contribution in [0.4, 0.5) is 13.6 Å². The molecule has 0 saturated carbocycles. The molecule has 1 aromatic rings. The lowest BCUT2D eigenvalue weighted by molar-refractivity contribution is -0.137. The highest BCUT2D eigenvalue weighted by atomic mass is 19.2. The quantitative estimate of drug-likeness (QED) is 0.788. The highest BCUT2D eigenvalue weighted by Gasteiger charge is 2.39. The first-order valence-corrected chi connectivity index (χ1v) is 6.54. The first-order chi connectivity index (χ1) is 10.3. The Morgan fingerprint density at radius 3 is 2.41 bits per heavy atom. The van der Waals surface area contributed by atoms with Gasteiger partial charge in [0.05, 0.1) is 18.7 Å². The first-order valence-electron chi connectivity index (χ1n) is 6.54. The Morgan fingerprint density at radius 2 is 1.86 bits per heavy atom. The number of amides is 2. The van der Waals surface area contributed by atoms with Crippen LogP contribution in [0, 0.1) is 11.6 Å². The number of hydrogen-bond donors (Lipinski definition) is 0. The Labute approximate surface area is 126 Å². The van der Waals surface area contributed by atoms with Crippen LogP contribution in [0.25, 0.3) is 0 Å². The standard InChI is InChI=1S/C15H16F2N2O3/c1-8-12(14(20)22-4)13(19(3)15(21)18(8)2)9-5-6-10(16)11(17)7-9/h5-7,13H,1-4H3/t13-/m1/s1. The number of benzene rings is 1. The van der Waals surface area contributed by atoms with E-state index in [4.69, 9.17) is 4.74 Å². The maximum atomic E-state index is 13.5. The highest BCUT2D eigenvalue weighted by molar-refractivity contribution is 5.94. The molecule has 22 heavy (non-hydrogen) atoms. The predicted molar refractivity (Wildman–Crippen MR) is 74.7 cm³/mol. The second kappa shape index (κ2) is 5.75. The number of likely N-dealkylation sites (N-methyl/N-ethyl adjacent to an activating group) is 1. The van der Waals surface area contributed by atoms with E-state index in [0.717, 1.165) is 12.1 Å². The third-order valence-corrected chi connectivity index (χ3v) is 3.81. The lowest BCUT2D eigenvalue weighted by Gasteiger charge is -2.39. The number of esters is 1. The molecule has 7 heteroatoms. The highest BCUT2D eigenvalue weighted by Crippen LogP contribution is 2.36. The van der Waals surface area contributed by atoms with Gasteiger partial charge in [-0.25, -0.2) is 18.4 Å². The lowest BCUT2D eigenvalue weighted by atomic mass is 9.93. The maximum Gasteiger partial charge on any atom is 0.337 e. The maximum absolute atomic E-state index is 13.5. The average molecular weight is 310 g/mol. The smallest absolute Gasteiger partial charge is 0.337 e. The average Bonchev–Trinajstić information content (AvgIpc) is 2.50. The largest absolute Gasteiger partial charge is 0.466 e. The molecular formula is C15H16F2N2O3. The second-order valence-corrected chi connectivity index (χ2v) is 5.02. The zero-order chi connectivity index (χ0) is 16.6. The number of carbonyl (C=O) groups is 2. The molecular weight excluding hydrogens is 294 g/mol. The number of allylic oxidation sites excluding steroid dienone is 1. The Bertz CT molecular complexity index is 673. The van der Waals surface area contributed by atoms with Crippen molar-refractivity contribution in [1.29, 1.82) is 0 Å². The number of methoxy groups -OCH3 is 1. The molecule has 2 amide bonds. The lowest BCUT2D eigenvalue weighted by Crippen LogP contribution is -2.47. The van der Waals surface area contributed by atoms with Crippen LogP contribution in [0.2, 0.25) is 0 Å². The van der Waals surface area contributed by atoms with Gasteiger partial charge in [0.15, 0.2) is 11.6 Å². The molecule has 1 aliphatic heterocycles. The summed E-state index contributed by atoms with van der Waals surface area (Å²) in [7, 11) is 4.24. The van der Waals surface area contributed by atoms with Crippen LogP contribution in [0.15, 0.2) is 29.5 Å². The fourth-order valence-electron chi connectivity index (χ4n) is 2.50. The van der Waals surface area contributed by atoms with Crippen molar-refractivity contribution in [3.8, 4) is 0 Å². The monoisotopic (exact) mass is 310 g/mol. The topological polar surface area (TPSA) is 49.9 Å². The molecule has 0 unspecified atom stereocenters. The molecule has 118 valence electrons. The fraction of sp³-hybridized carbons (Fsp3) is 0.333. The minimum absolute atomic E-state index is 0.207. The van der Waals surface area contributed by atoms with Crippen molar-refractivity contribution in [2.24, 2.45) is 0 Å². The minimum atomic E-state index is -1.04. The van der Waals surface area contributed by atoms with Crippen molar-refractivity contribution in [2.75, 3.05) is 21.2 Å². The molecule has 0 spiro atoms. The van der Waals surface area contributed by atoms with Gasteiger partial charge < -0.3 is 14.5 Å². The van der Waals surface area contributed by atoms with Gasteiger partial charge in [0.25, 0.3) is 0 Å². The van der Waals surface area contributed by atoms with Gasteiger partial charge in [0.2, 0.25) is 0 Å². The Hall–Kier alpha value is -2.44. The molecule has 1 aromatic carbocycles. The summed E-state index contributed by atoms with van der Waals surface area (Å²) >= 11 is 0. The molecule has 0 fully saturated rings. The van der Waals surface area contributed by atoms with E-state index in [1.54, 1.807) is 6.92 Å². The van der Waals surface area contributed by atoms with Gasteiger partial charge >= 0.3 is 12.0 Å². The van der Waals surface area contributed by atoms with E-state index in [1.807, 2.05) is 0 Å². The van der Waals surface area contributed by atoms with Crippen molar-refractivity contribution in [1.82, 2.24) is 9.80 Å². The SMILES string of the molecule is COC(=O)C1=C(C)N(C)C(=O)N(C)[C@@H]1c1ccc(F)c(F)c1. The zero-order valence-electron chi connectivity index (χ0n) is 12.7. The second-order valence-electron chi connectivity index (χ2n) is 5.02. The van der Waals surface area contributed by atoms with Crippen molar-refractivity contribution in [2.45, 2.75) is 13.0 Å². The van der Waals surface area contributed by atoms with E-state index in [2.05, 4.69) is 0 Å². The van der Waals surface area contributed by atoms with Gasteiger partial charge in [0.1, 0.15) is 0 Å². The first kappa shape index (κ1) is 15.9. The van der Waals surface area contributed by atoms with Crippen LogP contribution in [-0.2, 0) is 9.53 Å². The number of carbonyl (C=O) groups excluding carboxylic acids is 2. The summed E-state index contributed by atoms with van der Waals surface area (Å²) in [5.41, 5.74) is 0.908. The zero-order valence-corrected chi connectivity index (χ0v) is 12.7. The van der Waals surface area contributed by atoms with Crippen LogP contribution in [0.1, 0.15) is 18.5 Å². The van der Waals surface area contributed by atoms with Crippen molar-refractivity contribution in [3.05, 3.63) is 46.7 Å². The fourth-order valence-corrected chi connectivity index (χ4v) is 2.50. The van der Waals surface area contributed by atoms with Gasteiger partial charge in [0, 0.05) is 19.8 Å². The summed E-state index contributed by atoms with van der Waals surface area (Å²) in [6.07, 6.45) is 0. The van der Waals surface area contributed by atoms with E-state index >= 15 is 0 Å². The van der Waals surface area contributed by atoms with E-state index in [1.165, 1.54) is 37.1 Å². The molecule has 0 aromatic heterocycles. The third-order valence-electron chi connectivity index (χ3n) is 3.81. The van der Waals surface area contributed by atoms with Crippen LogP contribution in [0.5, 0.6) is 0 Å². The Kier molecular flexibility index (Phi) is 4.16. The summed E-state index contributed by atoms with van der Waals surface area (Å²) in [5.74, 6) is -2.66. The van der Waals surface area contributed by atoms with Crippen LogP contribution in [0.3, 0.4) is 0 Å².